The first-order valence-corrected chi connectivity index (χ1v) is 7.46. The Bertz CT molecular complexity index is 727. The van der Waals surface area contributed by atoms with Crippen molar-refractivity contribution in [2.24, 2.45) is 0 Å². The van der Waals surface area contributed by atoms with Gasteiger partial charge in [0.15, 0.2) is 0 Å². The number of aliphatic hydroxyl groups is 1. The van der Waals surface area contributed by atoms with E-state index in [-0.39, 0.29) is 0 Å². The van der Waals surface area contributed by atoms with Gasteiger partial charge >= 0.3 is 0 Å². The molecule has 5 heteroatoms. The highest BCUT2D eigenvalue weighted by atomic mass is 79.9. The number of hydrogen-bond acceptors (Lipinski definition) is 3. The molecule has 0 aromatic heterocycles. The van der Waals surface area contributed by atoms with Crippen molar-refractivity contribution in [2.75, 3.05) is 7.11 Å². The highest BCUT2D eigenvalue weighted by Gasteiger charge is 2.27. The molecule has 1 aliphatic heterocycles. The fraction of sp³-hybridized carbons (Fsp3) is 0.125. The first-order valence-electron chi connectivity index (χ1n) is 6.29. The fourth-order valence-corrected chi connectivity index (χ4v) is 3.30. The van der Waals surface area contributed by atoms with Gasteiger partial charge in [0.1, 0.15) is 23.4 Å². The third-order valence-corrected chi connectivity index (χ3v) is 4.06. The Balaban J connectivity index is 2.05. The predicted molar refractivity (Wildman–Crippen MR) is 85.7 cm³/mol. The molecule has 1 atom stereocenters. The Hall–Kier alpha value is -1.49. The van der Waals surface area contributed by atoms with E-state index in [1.54, 1.807) is 25.3 Å². The number of benzene rings is 2. The second-order valence-electron chi connectivity index (χ2n) is 4.60. The molecule has 0 spiro atoms. The molecule has 0 fully saturated rings. The van der Waals surface area contributed by atoms with E-state index in [1.165, 1.54) is 0 Å². The molecule has 21 heavy (non-hydrogen) atoms. The van der Waals surface area contributed by atoms with Gasteiger partial charge in [0.05, 0.1) is 11.6 Å². The van der Waals surface area contributed by atoms with E-state index >= 15 is 0 Å². The maximum absolute atomic E-state index is 10.3. The zero-order chi connectivity index (χ0) is 15.0. The van der Waals surface area contributed by atoms with Crippen molar-refractivity contribution in [3.8, 4) is 11.5 Å². The van der Waals surface area contributed by atoms with Crippen LogP contribution in [0.1, 0.15) is 17.2 Å². The zero-order valence-electron chi connectivity index (χ0n) is 11.1. The lowest BCUT2D eigenvalue weighted by Gasteiger charge is -2.10. The molecule has 0 bridgehead atoms. The van der Waals surface area contributed by atoms with Crippen molar-refractivity contribution in [3.63, 3.8) is 0 Å². The Morgan fingerprint density at radius 3 is 2.81 bits per heavy atom. The molecular formula is C16H12BrClO3. The van der Waals surface area contributed by atoms with Crippen LogP contribution < -0.4 is 9.47 Å². The van der Waals surface area contributed by atoms with Crippen molar-refractivity contribution in [2.45, 2.75) is 6.10 Å². The van der Waals surface area contributed by atoms with Gasteiger partial charge in [-0.15, -0.1) is 0 Å². The van der Waals surface area contributed by atoms with Crippen LogP contribution in [0.2, 0.25) is 5.02 Å². The van der Waals surface area contributed by atoms with E-state index in [0.717, 1.165) is 15.6 Å². The molecule has 108 valence electrons. The van der Waals surface area contributed by atoms with Crippen molar-refractivity contribution >= 4 is 33.6 Å². The van der Waals surface area contributed by atoms with E-state index in [9.17, 15) is 5.11 Å². The Kier molecular flexibility index (Phi) is 3.93. The summed E-state index contributed by atoms with van der Waals surface area (Å²) in [5.74, 6) is 1.75. The summed E-state index contributed by atoms with van der Waals surface area (Å²) < 4.78 is 11.8. The Labute approximate surface area is 135 Å². The summed E-state index contributed by atoms with van der Waals surface area (Å²) in [6.07, 6.45) is 0.948. The number of rotatable bonds is 2. The second-order valence-corrected chi connectivity index (χ2v) is 5.89. The summed E-state index contributed by atoms with van der Waals surface area (Å²) in [6, 6.07) is 10.9. The molecule has 2 aromatic rings. The fourth-order valence-electron chi connectivity index (χ4n) is 2.30. The molecule has 1 N–H and O–H groups in total. The predicted octanol–water partition coefficient (Wildman–Crippen LogP) is 4.58. The molecular weight excluding hydrogens is 356 g/mol. The molecule has 3 nitrogen and oxygen atoms in total. The normalized spacial score (nSPS) is 18.5. The molecule has 1 unspecified atom stereocenters. The minimum Gasteiger partial charge on any atom is -0.495 e. The molecule has 0 amide bonds. The van der Waals surface area contributed by atoms with Crippen LogP contribution in [-0.4, -0.2) is 12.2 Å². The smallest absolute Gasteiger partial charge is 0.140 e. The van der Waals surface area contributed by atoms with Gasteiger partial charge in [-0.3, -0.25) is 0 Å². The topological polar surface area (TPSA) is 38.7 Å². The van der Waals surface area contributed by atoms with E-state index in [2.05, 4.69) is 15.9 Å². The molecule has 0 saturated carbocycles. The number of halogens is 2. The summed E-state index contributed by atoms with van der Waals surface area (Å²) in [5.41, 5.74) is 1.49. The van der Waals surface area contributed by atoms with Crippen LogP contribution in [0.4, 0.5) is 0 Å². The SMILES string of the molecule is COc1c(Br)cc(Cl)cc1/C=C1\Oc2ccccc2C1O. The maximum atomic E-state index is 10.3. The van der Waals surface area contributed by atoms with E-state index in [4.69, 9.17) is 21.1 Å². The summed E-state index contributed by atoms with van der Waals surface area (Å²) >= 11 is 9.48. The largest absolute Gasteiger partial charge is 0.495 e. The Morgan fingerprint density at radius 2 is 2.10 bits per heavy atom. The monoisotopic (exact) mass is 366 g/mol. The van der Waals surface area contributed by atoms with Gasteiger partial charge in [-0.25, -0.2) is 0 Å². The zero-order valence-corrected chi connectivity index (χ0v) is 13.5. The molecule has 1 heterocycles. The average molecular weight is 368 g/mol. The van der Waals surface area contributed by atoms with Gasteiger partial charge in [-0.2, -0.15) is 0 Å². The minimum absolute atomic E-state index is 0.448. The number of para-hydroxylation sites is 1. The minimum atomic E-state index is -0.788. The molecule has 3 rings (SSSR count). The van der Waals surface area contributed by atoms with Crippen molar-refractivity contribution < 1.29 is 14.6 Å². The van der Waals surface area contributed by atoms with Crippen LogP contribution in [0.15, 0.2) is 46.6 Å². The van der Waals surface area contributed by atoms with Crippen LogP contribution in [0.3, 0.4) is 0 Å². The average Bonchev–Trinajstić information content (AvgIpc) is 2.76. The van der Waals surface area contributed by atoms with E-state index in [0.29, 0.717) is 22.3 Å². The molecule has 2 aromatic carbocycles. The first kappa shape index (κ1) is 14.4. The highest BCUT2D eigenvalue weighted by molar-refractivity contribution is 9.10. The Morgan fingerprint density at radius 1 is 1.33 bits per heavy atom. The van der Waals surface area contributed by atoms with Gasteiger partial charge in [0, 0.05) is 16.1 Å². The lowest BCUT2D eigenvalue weighted by Crippen LogP contribution is -1.98. The van der Waals surface area contributed by atoms with Crippen LogP contribution in [0.5, 0.6) is 11.5 Å². The van der Waals surface area contributed by atoms with Crippen LogP contribution >= 0.6 is 27.5 Å². The number of hydrogen-bond donors (Lipinski definition) is 1. The number of fused-ring (bicyclic) bond motifs is 1. The first-order chi connectivity index (χ1) is 10.1. The van der Waals surface area contributed by atoms with Gasteiger partial charge < -0.3 is 14.6 Å². The van der Waals surface area contributed by atoms with E-state index in [1.807, 2.05) is 24.3 Å². The highest BCUT2D eigenvalue weighted by Crippen LogP contribution is 2.41. The number of aliphatic hydroxyl groups excluding tert-OH is 1. The third-order valence-electron chi connectivity index (χ3n) is 3.25. The lowest BCUT2D eigenvalue weighted by molar-refractivity contribution is 0.193. The van der Waals surface area contributed by atoms with E-state index < -0.39 is 6.10 Å². The van der Waals surface area contributed by atoms with Crippen molar-refractivity contribution in [3.05, 3.63) is 62.8 Å². The summed E-state index contributed by atoms with van der Waals surface area (Å²) in [7, 11) is 1.58. The van der Waals surface area contributed by atoms with Crippen LogP contribution in [0.25, 0.3) is 6.08 Å². The second kappa shape index (κ2) is 5.72. The molecule has 0 aliphatic carbocycles. The van der Waals surface area contributed by atoms with Gasteiger partial charge in [-0.05, 0) is 40.2 Å². The quantitative estimate of drug-likeness (QED) is 0.844. The molecule has 0 radical (unpaired) electrons. The van der Waals surface area contributed by atoms with Crippen molar-refractivity contribution in [1.82, 2.24) is 0 Å². The summed E-state index contributed by atoms with van der Waals surface area (Å²) in [6.45, 7) is 0. The van der Waals surface area contributed by atoms with Gasteiger partial charge in [0.2, 0.25) is 0 Å². The lowest BCUT2D eigenvalue weighted by atomic mass is 10.1. The van der Waals surface area contributed by atoms with Gasteiger partial charge in [-0.1, -0.05) is 29.8 Å². The number of ether oxygens (including phenoxy) is 2. The van der Waals surface area contributed by atoms with Crippen molar-refractivity contribution in [1.29, 1.82) is 0 Å². The third kappa shape index (κ3) is 2.67. The molecule has 0 saturated heterocycles. The van der Waals surface area contributed by atoms with Crippen LogP contribution in [-0.2, 0) is 0 Å². The maximum Gasteiger partial charge on any atom is 0.140 e. The van der Waals surface area contributed by atoms with Crippen LogP contribution in [0, 0.1) is 0 Å². The summed E-state index contributed by atoms with van der Waals surface area (Å²) in [5, 5.41) is 10.9. The standard InChI is InChI=1S/C16H12BrClO3/c1-20-16-9(6-10(18)8-12(16)17)7-14-15(19)11-4-2-3-5-13(11)21-14/h2-8,15,19H,1H3/b14-7-. The summed E-state index contributed by atoms with van der Waals surface area (Å²) in [4.78, 5) is 0. The number of methoxy groups -OCH3 is 1. The molecule has 1 aliphatic rings. The van der Waals surface area contributed by atoms with Gasteiger partial charge in [0.25, 0.3) is 0 Å².